The first kappa shape index (κ1) is 9.31. The topological polar surface area (TPSA) is 42.1 Å². The van der Waals surface area contributed by atoms with Crippen molar-refractivity contribution in [1.29, 1.82) is 0 Å². The molecule has 0 aromatic carbocycles. The van der Waals surface area contributed by atoms with Gasteiger partial charge in [-0.25, -0.2) is 4.98 Å². The predicted molar refractivity (Wildman–Crippen MR) is 59.3 cm³/mol. The summed E-state index contributed by atoms with van der Waals surface area (Å²) in [5.41, 5.74) is 6.53. The van der Waals surface area contributed by atoms with Crippen molar-refractivity contribution in [3.8, 4) is 0 Å². The number of nitrogen functional groups attached to an aromatic ring is 1. The van der Waals surface area contributed by atoms with Crippen LogP contribution >= 0.6 is 0 Å². The number of hydrogen-bond donors (Lipinski definition) is 1. The summed E-state index contributed by atoms with van der Waals surface area (Å²) in [5.74, 6) is 1.79. The van der Waals surface area contributed by atoms with Crippen LogP contribution in [0.1, 0.15) is 19.8 Å². The molecule has 76 valence electrons. The summed E-state index contributed by atoms with van der Waals surface area (Å²) < 4.78 is 0. The van der Waals surface area contributed by atoms with Crippen LogP contribution in [0.2, 0.25) is 0 Å². The molecule has 1 aliphatic heterocycles. The van der Waals surface area contributed by atoms with E-state index in [1.165, 1.54) is 12.8 Å². The summed E-state index contributed by atoms with van der Waals surface area (Å²) >= 11 is 0. The van der Waals surface area contributed by atoms with Crippen LogP contribution < -0.4 is 10.6 Å². The van der Waals surface area contributed by atoms with Gasteiger partial charge < -0.3 is 10.6 Å². The molecule has 0 unspecified atom stereocenters. The van der Waals surface area contributed by atoms with Gasteiger partial charge in [0.15, 0.2) is 0 Å². The Morgan fingerprint density at radius 2 is 2.43 bits per heavy atom. The molecule has 1 aliphatic rings. The van der Waals surface area contributed by atoms with E-state index in [2.05, 4.69) is 16.8 Å². The maximum Gasteiger partial charge on any atom is 0.130 e. The van der Waals surface area contributed by atoms with Gasteiger partial charge >= 0.3 is 0 Å². The van der Waals surface area contributed by atoms with E-state index < -0.39 is 0 Å². The van der Waals surface area contributed by atoms with Gasteiger partial charge in [0.25, 0.3) is 0 Å². The summed E-state index contributed by atoms with van der Waals surface area (Å²) in [7, 11) is 0. The van der Waals surface area contributed by atoms with Gasteiger partial charge in [0, 0.05) is 31.0 Å². The van der Waals surface area contributed by atoms with Crippen LogP contribution in [-0.2, 0) is 0 Å². The largest absolute Gasteiger partial charge is 0.399 e. The van der Waals surface area contributed by atoms with Gasteiger partial charge in [-0.1, -0.05) is 6.92 Å². The Labute approximate surface area is 84.9 Å². The zero-order chi connectivity index (χ0) is 9.97. The molecule has 2 N–H and O–H groups in total. The first-order valence-corrected chi connectivity index (χ1v) is 5.22. The highest BCUT2D eigenvalue weighted by Crippen LogP contribution is 2.21. The number of nitrogens with zero attached hydrogens (tertiary/aromatic N) is 2. The van der Waals surface area contributed by atoms with Crippen LogP contribution in [0.25, 0.3) is 0 Å². The van der Waals surface area contributed by atoms with E-state index in [-0.39, 0.29) is 0 Å². The number of hydrogen-bond acceptors (Lipinski definition) is 3. The molecular weight excluding hydrogens is 174 g/mol. The fourth-order valence-electron chi connectivity index (χ4n) is 2.00. The second-order valence-corrected chi connectivity index (χ2v) is 4.14. The van der Waals surface area contributed by atoms with Crippen molar-refractivity contribution in [1.82, 2.24) is 4.98 Å². The van der Waals surface area contributed by atoms with E-state index >= 15 is 0 Å². The first-order chi connectivity index (χ1) is 6.75. The average molecular weight is 191 g/mol. The van der Waals surface area contributed by atoms with Gasteiger partial charge in [-0.3, -0.25) is 0 Å². The summed E-state index contributed by atoms with van der Waals surface area (Å²) in [4.78, 5) is 6.67. The van der Waals surface area contributed by atoms with E-state index in [1.54, 1.807) is 6.20 Å². The standard InChI is InChI=1S/C11H17N3/c1-9-3-2-6-14(8-9)11-7-10(12)4-5-13-11/h4-5,7,9H,2-3,6,8H2,1H3,(H2,12,13)/t9-/m1/s1. The zero-order valence-electron chi connectivity index (χ0n) is 8.61. The molecule has 0 bridgehead atoms. The molecule has 0 aliphatic carbocycles. The molecule has 1 aromatic heterocycles. The Morgan fingerprint density at radius 3 is 3.14 bits per heavy atom. The van der Waals surface area contributed by atoms with Crippen LogP contribution in [0.3, 0.4) is 0 Å². The molecule has 2 heterocycles. The van der Waals surface area contributed by atoms with Crippen molar-refractivity contribution in [2.24, 2.45) is 5.92 Å². The minimum Gasteiger partial charge on any atom is -0.399 e. The van der Waals surface area contributed by atoms with Crippen LogP contribution in [0.5, 0.6) is 0 Å². The molecule has 0 spiro atoms. The summed E-state index contributed by atoms with van der Waals surface area (Å²) in [5, 5.41) is 0. The van der Waals surface area contributed by atoms with Crippen LogP contribution in [0, 0.1) is 5.92 Å². The number of piperidine rings is 1. The maximum atomic E-state index is 5.73. The number of pyridine rings is 1. The fourth-order valence-corrected chi connectivity index (χ4v) is 2.00. The Balaban J connectivity index is 2.14. The molecule has 0 radical (unpaired) electrons. The van der Waals surface area contributed by atoms with Gasteiger partial charge in [-0.05, 0) is 24.8 Å². The van der Waals surface area contributed by atoms with E-state index in [1.807, 2.05) is 12.1 Å². The predicted octanol–water partition coefficient (Wildman–Crippen LogP) is 1.90. The monoisotopic (exact) mass is 191 g/mol. The maximum absolute atomic E-state index is 5.73. The lowest BCUT2D eigenvalue weighted by Crippen LogP contribution is -2.34. The van der Waals surface area contributed by atoms with Crippen molar-refractivity contribution in [2.45, 2.75) is 19.8 Å². The number of nitrogens with two attached hydrogens (primary N) is 1. The molecule has 0 saturated carbocycles. The summed E-state index contributed by atoms with van der Waals surface area (Å²) in [6, 6.07) is 3.79. The lowest BCUT2D eigenvalue weighted by Gasteiger charge is -2.31. The quantitative estimate of drug-likeness (QED) is 0.737. The Kier molecular flexibility index (Phi) is 2.57. The van der Waals surface area contributed by atoms with E-state index in [4.69, 9.17) is 5.73 Å². The molecule has 1 aromatic rings. The van der Waals surface area contributed by atoms with E-state index in [0.717, 1.165) is 30.5 Å². The minimum absolute atomic E-state index is 0.770. The molecule has 2 rings (SSSR count). The Bertz CT molecular complexity index is 311. The summed E-state index contributed by atoms with van der Waals surface area (Å²) in [6.45, 7) is 4.51. The lowest BCUT2D eigenvalue weighted by atomic mass is 10.0. The number of rotatable bonds is 1. The zero-order valence-corrected chi connectivity index (χ0v) is 8.61. The molecule has 1 saturated heterocycles. The molecule has 1 fully saturated rings. The average Bonchev–Trinajstić information content (AvgIpc) is 2.18. The second-order valence-electron chi connectivity index (χ2n) is 4.14. The van der Waals surface area contributed by atoms with Crippen molar-refractivity contribution in [3.05, 3.63) is 18.3 Å². The SMILES string of the molecule is C[C@@H]1CCCN(c2cc(N)ccn2)C1. The van der Waals surface area contributed by atoms with Gasteiger partial charge in [-0.15, -0.1) is 0 Å². The molecule has 14 heavy (non-hydrogen) atoms. The normalized spacial score (nSPS) is 22.4. The highest BCUT2D eigenvalue weighted by molar-refractivity contribution is 5.50. The third kappa shape index (κ3) is 1.97. The minimum atomic E-state index is 0.770. The van der Waals surface area contributed by atoms with E-state index in [9.17, 15) is 0 Å². The summed E-state index contributed by atoms with van der Waals surface area (Å²) in [6.07, 6.45) is 4.38. The van der Waals surface area contributed by atoms with E-state index in [0.29, 0.717) is 0 Å². The van der Waals surface area contributed by atoms with Gasteiger partial charge in [0.1, 0.15) is 5.82 Å². The molecule has 3 nitrogen and oxygen atoms in total. The van der Waals surface area contributed by atoms with Crippen LogP contribution in [0.15, 0.2) is 18.3 Å². The molecular formula is C11H17N3. The third-order valence-corrected chi connectivity index (χ3v) is 2.75. The van der Waals surface area contributed by atoms with Crippen LogP contribution in [0.4, 0.5) is 11.5 Å². The lowest BCUT2D eigenvalue weighted by molar-refractivity contribution is 0.444. The van der Waals surface area contributed by atoms with Gasteiger partial charge in [0.05, 0.1) is 0 Å². The highest BCUT2D eigenvalue weighted by atomic mass is 15.2. The molecule has 1 atom stereocenters. The Morgan fingerprint density at radius 1 is 1.57 bits per heavy atom. The number of aromatic nitrogens is 1. The van der Waals surface area contributed by atoms with Crippen molar-refractivity contribution in [3.63, 3.8) is 0 Å². The Hall–Kier alpha value is -1.25. The van der Waals surface area contributed by atoms with Crippen molar-refractivity contribution >= 4 is 11.5 Å². The van der Waals surface area contributed by atoms with Crippen molar-refractivity contribution in [2.75, 3.05) is 23.7 Å². The smallest absolute Gasteiger partial charge is 0.130 e. The fraction of sp³-hybridized carbons (Fsp3) is 0.545. The van der Waals surface area contributed by atoms with Crippen LogP contribution in [-0.4, -0.2) is 18.1 Å². The van der Waals surface area contributed by atoms with Crippen molar-refractivity contribution < 1.29 is 0 Å². The molecule has 0 amide bonds. The number of anilines is 2. The molecule has 3 heteroatoms. The second kappa shape index (κ2) is 3.86. The van der Waals surface area contributed by atoms with Gasteiger partial charge in [-0.2, -0.15) is 0 Å². The highest BCUT2D eigenvalue weighted by Gasteiger charge is 2.17. The first-order valence-electron chi connectivity index (χ1n) is 5.22. The van der Waals surface area contributed by atoms with Gasteiger partial charge in [0.2, 0.25) is 0 Å². The third-order valence-electron chi connectivity index (χ3n) is 2.75.